The van der Waals surface area contributed by atoms with Crippen molar-refractivity contribution in [3.8, 4) is 17.2 Å². The molecule has 3 aliphatic rings. The van der Waals surface area contributed by atoms with E-state index in [0.717, 1.165) is 24.8 Å². The first kappa shape index (κ1) is 27.3. The number of nitrogens with zero attached hydrogens (tertiary/aromatic N) is 1. The molecule has 7 nitrogen and oxygen atoms in total. The van der Waals surface area contributed by atoms with Crippen LogP contribution in [-0.4, -0.2) is 49.7 Å². The lowest BCUT2D eigenvalue weighted by Crippen LogP contribution is -2.46. The number of ether oxygens (including phenoxy) is 2. The fourth-order valence-corrected chi connectivity index (χ4v) is 8.58. The average Bonchev–Trinajstić information content (AvgIpc) is 3.48. The van der Waals surface area contributed by atoms with E-state index in [9.17, 15) is 18.6 Å². The fraction of sp³-hybridized carbons (Fsp3) is 0.333. The number of aromatic hydroxyl groups is 2. The first-order valence-electron chi connectivity index (χ1n) is 13.2. The summed E-state index contributed by atoms with van der Waals surface area (Å²) in [6.07, 6.45) is 1.98. The molecule has 1 saturated heterocycles. The molecule has 40 heavy (non-hydrogen) atoms. The summed E-state index contributed by atoms with van der Waals surface area (Å²) < 4.78 is 42.2. The molecule has 2 aliphatic heterocycles. The molecule has 2 fully saturated rings. The van der Waals surface area contributed by atoms with Crippen LogP contribution in [0.1, 0.15) is 36.8 Å². The van der Waals surface area contributed by atoms with Gasteiger partial charge < -0.3 is 19.7 Å². The lowest BCUT2D eigenvalue weighted by molar-refractivity contribution is 0.128. The zero-order valence-corrected chi connectivity index (χ0v) is 24.1. The van der Waals surface area contributed by atoms with Crippen LogP contribution in [0, 0.1) is 5.92 Å². The summed E-state index contributed by atoms with van der Waals surface area (Å²) in [7, 11) is -2.32. The molecule has 10 heteroatoms. The molecule has 210 valence electrons. The second-order valence-corrected chi connectivity index (χ2v) is 13.4. The predicted molar refractivity (Wildman–Crippen MR) is 157 cm³/mol. The molecule has 1 aliphatic carbocycles. The van der Waals surface area contributed by atoms with Crippen molar-refractivity contribution in [1.29, 1.82) is 0 Å². The third-order valence-electron chi connectivity index (χ3n) is 8.18. The Labute approximate surface area is 243 Å². The van der Waals surface area contributed by atoms with Gasteiger partial charge in [-0.25, -0.2) is 8.42 Å². The zero-order valence-electron chi connectivity index (χ0n) is 21.8. The first-order chi connectivity index (χ1) is 19.2. The number of sulfonamides is 1. The molecule has 2 bridgehead atoms. The van der Waals surface area contributed by atoms with Crippen molar-refractivity contribution < 1.29 is 28.1 Å². The van der Waals surface area contributed by atoms with Gasteiger partial charge in [0.05, 0.1) is 28.9 Å². The summed E-state index contributed by atoms with van der Waals surface area (Å²) >= 11 is 13.2. The molecule has 3 unspecified atom stereocenters. The average molecular weight is 603 g/mol. The highest BCUT2D eigenvalue weighted by atomic mass is 35.5. The van der Waals surface area contributed by atoms with Gasteiger partial charge in [-0.1, -0.05) is 29.6 Å². The Balaban J connectivity index is 1.46. The Bertz CT molecular complexity index is 1590. The maximum Gasteiger partial charge on any atom is 0.241 e. The molecule has 3 atom stereocenters. The van der Waals surface area contributed by atoms with Gasteiger partial charge in [0.15, 0.2) is 0 Å². The molecule has 0 amide bonds. The highest BCUT2D eigenvalue weighted by Crippen LogP contribution is 2.53. The Morgan fingerprint density at radius 1 is 0.925 bits per heavy atom. The summed E-state index contributed by atoms with van der Waals surface area (Å²) in [6, 6.07) is 16.4. The zero-order chi connectivity index (χ0) is 28.2. The van der Waals surface area contributed by atoms with Crippen LogP contribution in [0.3, 0.4) is 0 Å². The number of phenolic OH excluding ortho intramolecular Hbond substituents is 2. The van der Waals surface area contributed by atoms with Crippen molar-refractivity contribution in [2.24, 2.45) is 5.92 Å². The van der Waals surface area contributed by atoms with Crippen molar-refractivity contribution in [2.75, 3.05) is 18.0 Å². The third kappa shape index (κ3) is 4.71. The van der Waals surface area contributed by atoms with Gasteiger partial charge >= 0.3 is 0 Å². The van der Waals surface area contributed by atoms with E-state index >= 15 is 0 Å². The Morgan fingerprint density at radius 3 is 2.05 bits per heavy atom. The van der Waals surface area contributed by atoms with Crippen LogP contribution in [0.25, 0.3) is 11.1 Å². The molecule has 3 aromatic rings. The second kappa shape index (κ2) is 10.5. The monoisotopic (exact) mass is 601 g/mol. The van der Waals surface area contributed by atoms with E-state index in [1.165, 1.54) is 28.6 Å². The standard InChI is InChI=1S/C30H29Cl2NO6S/c1-38-21-9-5-18(6-10-21)33(16-17-3-2-4-17)40(36,37)27-15-26-28(22-11-7-19(34)13-24(22)31)29(30(27)39-26)23-12-8-20(35)14-25(23)32/h5-14,17,26-27,30,34-35H,2-4,15-16H2,1H3. The molecule has 1 saturated carbocycles. The van der Waals surface area contributed by atoms with Crippen LogP contribution in [-0.2, 0) is 14.8 Å². The van der Waals surface area contributed by atoms with E-state index in [0.29, 0.717) is 45.6 Å². The van der Waals surface area contributed by atoms with Crippen LogP contribution in [0.2, 0.25) is 10.0 Å². The fourth-order valence-electron chi connectivity index (χ4n) is 5.94. The van der Waals surface area contributed by atoms with E-state index in [1.54, 1.807) is 43.5 Å². The lowest BCUT2D eigenvalue weighted by Gasteiger charge is -2.36. The van der Waals surface area contributed by atoms with Gasteiger partial charge in [-0.05, 0) is 108 Å². The van der Waals surface area contributed by atoms with Gasteiger partial charge in [0.1, 0.15) is 28.6 Å². The molecular weight excluding hydrogens is 573 g/mol. The molecule has 0 aromatic heterocycles. The topological polar surface area (TPSA) is 96.3 Å². The van der Waals surface area contributed by atoms with Crippen molar-refractivity contribution in [3.63, 3.8) is 0 Å². The number of halogens is 2. The van der Waals surface area contributed by atoms with Gasteiger partial charge in [-0.15, -0.1) is 0 Å². The summed E-state index contributed by atoms with van der Waals surface area (Å²) in [5.74, 6) is 0.965. The van der Waals surface area contributed by atoms with E-state index in [1.807, 2.05) is 0 Å². The minimum atomic E-state index is -3.89. The van der Waals surface area contributed by atoms with Crippen LogP contribution in [0.4, 0.5) is 5.69 Å². The van der Waals surface area contributed by atoms with Crippen LogP contribution in [0.15, 0.2) is 60.7 Å². The number of hydrogen-bond donors (Lipinski definition) is 2. The number of phenols is 2. The highest BCUT2D eigenvalue weighted by molar-refractivity contribution is 7.93. The minimum Gasteiger partial charge on any atom is -0.508 e. The van der Waals surface area contributed by atoms with Crippen molar-refractivity contribution >= 4 is 50.1 Å². The number of rotatable bonds is 8. The molecule has 2 N–H and O–H groups in total. The summed E-state index contributed by atoms with van der Waals surface area (Å²) in [6.45, 7) is 0.401. The number of anilines is 1. The molecule has 0 radical (unpaired) electrons. The van der Waals surface area contributed by atoms with Gasteiger partial charge in [0.2, 0.25) is 10.0 Å². The summed E-state index contributed by atoms with van der Waals surface area (Å²) in [5.41, 5.74) is 3.17. The van der Waals surface area contributed by atoms with E-state index in [2.05, 4.69) is 0 Å². The smallest absolute Gasteiger partial charge is 0.241 e. The van der Waals surface area contributed by atoms with Gasteiger partial charge in [-0.2, -0.15) is 0 Å². The number of methoxy groups -OCH3 is 1. The van der Waals surface area contributed by atoms with Gasteiger partial charge in [0.25, 0.3) is 0 Å². The predicted octanol–water partition coefficient (Wildman–Crippen LogP) is 6.50. The van der Waals surface area contributed by atoms with Crippen LogP contribution >= 0.6 is 23.2 Å². The Kier molecular flexibility index (Phi) is 7.15. The Hall–Kier alpha value is -2.91. The normalized spacial score (nSPS) is 22.4. The third-order valence-corrected chi connectivity index (χ3v) is 11.0. The molecule has 3 aromatic carbocycles. The minimum absolute atomic E-state index is 0.00186. The van der Waals surface area contributed by atoms with Crippen molar-refractivity contribution in [2.45, 2.75) is 43.1 Å². The maximum atomic E-state index is 14.5. The molecule has 0 spiro atoms. The number of fused-ring (bicyclic) bond motifs is 2. The summed E-state index contributed by atoms with van der Waals surface area (Å²) in [4.78, 5) is 0. The second-order valence-electron chi connectivity index (χ2n) is 10.5. The van der Waals surface area contributed by atoms with E-state index in [4.69, 9.17) is 32.7 Å². The number of benzene rings is 3. The van der Waals surface area contributed by atoms with Gasteiger partial charge in [-0.3, -0.25) is 4.31 Å². The SMILES string of the molecule is COc1ccc(N(CC2CCC2)S(=O)(=O)C2CC3OC2C(c2ccc(O)cc2Cl)=C3c2ccc(O)cc2Cl)cc1. The lowest BCUT2D eigenvalue weighted by atomic mass is 9.83. The quantitative estimate of drug-likeness (QED) is 0.306. The largest absolute Gasteiger partial charge is 0.508 e. The van der Waals surface area contributed by atoms with Gasteiger partial charge in [0, 0.05) is 6.54 Å². The molecule has 6 rings (SSSR count). The van der Waals surface area contributed by atoms with Crippen molar-refractivity contribution in [3.05, 3.63) is 81.8 Å². The number of hydrogen-bond acceptors (Lipinski definition) is 6. The molecule has 2 heterocycles. The molecular formula is C30H29Cl2NO6S. The first-order valence-corrected chi connectivity index (χ1v) is 15.5. The maximum absolute atomic E-state index is 14.5. The highest BCUT2D eigenvalue weighted by Gasteiger charge is 2.55. The van der Waals surface area contributed by atoms with Crippen LogP contribution < -0.4 is 9.04 Å². The Morgan fingerprint density at radius 2 is 1.52 bits per heavy atom. The van der Waals surface area contributed by atoms with Crippen LogP contribution in [0.5, 0.6) is 17.2 Å². The van der Waals surface area contributed by atoms with E-state index in [-0.39, 0.29) is 22.9 Å². The van der Waals surface area contributed by atoms with E-state index < -0.39 is 27.5 Å². The van der Waals surface area contributed by atoms with Crippen molar-refractivity contribution in [1.82, 2.24) is 0 Å². The summed E-state index contributed by atoms with van der Waals surface area (Å²) in [5, 5.41) is 19.7.